The molecule has 0 bridgehead atoms. The number of anilines is 3. The zero-order valence-electron chi connectivity index (χ0n) is 16.6. The Morgan fingerprint density at radius 1 is 1.11 bits per heavy atom. The third-order valence-electron chi connectivity index (χ3n) is 5.14. The maximum Gasteiger partial charge on any atom is 0.236 e. The van der Waals surface area contributed by atoms with Gasteiger partial charge in [0.05, 0.1) is 6.54 Å². The van der Waals surface area contributed by atoms with E-state index in [1.54, 1.807) is 0 Å². The van der Waals surface area contributed by atoms with Crippen molar-refractivity contribution in [1.29, 1.82) is 0 Å². The van der Waals surface area contributed by atoms with Gasteiger partial charge in [-0.2, -0.15) is 0 Å². The van der Waals surface area contributed by atoms with Crippen LogP contribution >= 0.6 is 0 Å². The lowest BCUT2D eigenvalue weighted by molar-refractivity contribution is -0.131. The first kappa shape index (κ1) is 20.0. The number of aryl methyl sites for hydroxylation is 1. The number of hydrogen-bond donors (Lipinski definition) is 3. The van der Waals surface area contributed by atoms with Crippen LogP contribution in [0.5, 0.6) is 0 Å². The topological polar surface area (TPSA) is 95.1 Å². The molecule has 0 radical (unpaired) electrons. The molecule has 1 amide bonds. The van der Waals surface area contributed by atoms with Gasteiger partial charge in [-0.25, -0.2) is 15.0 Å². The Bertz CT molecular complexity index is 775. The van der Waals surface area contributed by atoms with E-state index in [0.717, 1.165) is 50.4 Å². The standard InChI is InChI=1S/C20H29N7O/c1-21-13-20(28)27-9-6-15(7-10-27)3-4-16-5-8-23-18(11-16)26-19-12-17(22-2)24-14-25-19/h5,8,11-12,14-15,21H,3-4,6-7,9-10,13H2,1-2H3,(H2,22,23,24,25,26). The SMILES string of the molecule is CNCC(=O)N1CCC(CCc2ccnc(Nc3cc(NC)ncn3)c2)CC1. The van der Waals surface area contributed by atoms with E-state index in [9.17, 15) is 4.79 Å². The highest BCUT2D eigenvalue weighted by Gasteiger charge is 2.22. The van der Waals surface area contributed by atoms with Crippen LogP contribution in [0.4, 0.5) is 17.5 Å². The number of likely N-dealkylation sites (tertiary alicyclic amines) is 1. The van der Waals surface area contributed by atoms with Crippen LogP contribution in [0, 0.1) is 5.92 Å². The molecule has 1 aliphatic rings. The molecule has 0 saturated carbocycles. The molecule has 2 aromatic heterocycles. The third-order valence-corrected chi connectivity index (χ3v) is 5.14. The fourth-order valence-electron chi connectivity index (χ4n) is 3.50. The predicted molar refractivity (Wildman–Crippen MR) is 111 cm³/mol. The zero-order chi connectivity index (χ0) is 19.8. The molecule has 0 atom stereocenters. The summed E-state index contributed by atoms with van der Waals surface area (Å²) in [4.78, 5) is 26.7. The van der Waals surface area contributed by atoms with Crippen LogP contribution in [0.2, 0.25) is 0 Å². The van der Waals surface area contributed by atoms with Crippen LogP contribution in [0.15, 0.2) is 30.7 Å². The summed E-state index contributed by atoms with van der Waals surface area (Å²) < 4.78 is 0. The molecular formula is C20H29N7O. The summed E-state index contributed by atoms with van der Waals surface area (Å²) in [6, 6.07) is 5.99. The molecule has 2 aromatic rings. The van der Waals surface area contributed by atoms with Crippen LogP contribution in [-0.4, -0.2) is 59.5 Å². The number of rotatable bonds is 8. The molecule has 3 heterocycles. The number of piperidine rings is 1. The van der Waals surface area contributed by atoms with Crippen LogP contribution in [0.25, 0.3) is 0 Å². The van der Waals surface area contributed by atoms with Gasteiger partial charge in [-0.1, -0.05) is 0 Å². The minimum absolute atomic E-state index is 0.206. The largest absolute Gasteiger partial charge is 0.373 e. The highest BCUT2D eigenvalue weighted by atomic mass is 16.2. The number of aromatic nitrogens is 3. The maximum atomic E-state index is 11.9. The van der Waals surface area contributed by atoms with Gasteiger partial charge in [-0.3, -0.25) is 4.79 Å². The van der Waals surface area contributed by atoms with Gasteiger partial charge in [0.25, 0.3) is 0 Å². The van der Waals surface area contributed by atoms with E-state index in [4.69, 9.17) is 0 Å². The summed E-state index contributed by atoms with van der Waals surface area (Å²) in [5.74, 6) is 3.13. The maximum absolute atomic E-state index is 11.9. The number of nitrogens with one attached hydrogen (secondary N) is 3. The summed E-state index contributed by atoms with van der Waals surface area (Å²) in [6.07, 6.45) is 7.66. The Kier molecular flexibility index (Phi) is 7.13. The molecule has 0 spiro atoms. The van der Waals surface area contributed by atoms with Crippen molar-refractivity contribution < 1.29 is 4.79 Å². The number of amides is 1. The molecule has 1 fully saturated rings. The van der Waals surface area contributed by atoms with Gasteiger partial charge in [-0.15, -0.1) is 0 Å². The van der Waals surface area contributed by atoms with Crippen molar-refractivity contribution >= 4 is 23.4 Å². The summed E-state index contributed by atoms with van der Waals surface area (Å²) in [6.45, 7) is 2.17. The molecule has 1 saturated heterocycles. The molecule has 28 heavy (non-hydrogen) atoms. The number of carbonyl (C=O) groups excluding carboxylic acids is 1. The van der Waals surface area contributed by atoms with Crippen molar-refractivity contribution in [3.63, 3.8) is 0 Å². The number of likely N-dealkylation sites (N-methyl/N-ethyl adjacent to an activating group) is 1. The van der Waals surface area contributed by atoms with E-state index in [1.807, 2.05) is 31.3 Å². The molecule has 8 heteroatoms. The van der Waals surface area contributed by atoms with Gasteiger partial charge in [0, 0.05) is 32.4 Å². The lowest BCUT2D eigenvalue weighted by Gasteiger charge is -2.32. The fraction of sp³-hybridized carbons (Fsp3) is 0.500. The number of nitrogens with zero attached hydrogens (tertiary/aromatic N) is 4. The fourth-order valence-corrected chi connectivity index (χ4v) is 3.50. The summed E-state index contributed by atoms with van der Waals surface area (Å²) in [5, 5.41) is 9.17. The lowest BCUT2D eigenvalue weighted by Crippen LogP contribution is -2.42. The molecule has 150 valence electrons. The third kappa shape index (κ3) is 5.63. The number of hydrogen-bond acceptors (Lipinski definition) is 7. The molecule has 0 aromatic carbocycles. The normalized spacial score (nSPS) is 14.7. The smallest absolute Gasteiger partial charge is 0.236 e. The first-order chi connectivity index (χ1) is 13.7. The van der Waals surface area contributed by atoms with Gasteiger partial charge < -0.3 is 20.9 Å². The van der Waals surface area contributed by atoms with Crippen LogP contribution in [0.1, 0.15) is 24.8 Å². The van der Waals surface area contributed by atoms with Crippen LogP contribution in [0.3, 0.4) is 0 Å². The van der Waals surface area contributed by atoms with Gasteiger partial charge in [0.15, 0.2) is 0 Å². The van der Waals surface area contributed by atoms with E-state index in [2.05, 4.69) is 43.0 Å². The van der Waals surface area contributed by atoms with Gasteiger partial charge in [-0.05, 0) is 56.3 Å². The van der Waals surface area contributed by atoms with E-state index in [1.165, 1.54) is 11.9 Å². The molecule has 1 aliphatic heterocycles. The van der Waals surface area contributed by atoms with Gasteiger partial charge in [0.1, 0.15) is 23.8 Å². The van der Waals surface area contributed by atoms with Crippen molar-refractivity contribution in [3.05, 3.63) is 36.3 Å². The Balaban J connectivity index is 1.49. The molecule has 0 unspecified atom stereocenters. The Hall–Kier alpha value is -2.74. The highest BCUT2D eigenvalue weighted by molar-refractivity contribution is 5.78. The van der Waals surface area contributed by atoms with Gasteiger partial charge >= 0.3 is 0 Å². The van der Waals surface area contributed by atoms with E-state index in [0.29, 0.717) is 18.3 Å². The molecule has 8 nitrogen and oxygen atoms in total. The highest BCUT2D eigenvalue weighted by Crippen LogP contribution is 2.23. The van der Waals surface area contributed by atoms with E-state index >= 15 is 0 Å². The van der Waals surface area contributed by atoms with Crippen LogP contribution < -0.4 is 16.0 Å². The first-order valence-corrected chi connectivity index (χ1v) is 9.82. The average molecular weight is 384 g/mol. The van der Waals surface area contributed by atoms with E-state index in [-0.39, 0.29) is 5.91 Å². The second kappa shape index (κ2) is 9.98. The predicted octanol–water partition coefficient (Wildman–Crippen LogP) is 2.05. The second-order valence-electron chi connectivity index (χ2n) is 7.11. The van der Waals surface area contributed by atoms with Crippen molar-refractivity contribution in [2.75, 3.05) is 44.4 Å². The first-order valence-electron chi connectivity index (χ1n) is 9.82. The Morgan fingerprint density at radius 3 is 2.61 bits per heavy atom. The lowest BCUT2D eigenvalue weighted by atomic mass is 9.90. The van der Waals surface area contributed by atoms with E-state index < -0.39 is 0 Å². The van der Waals surface area contributed by atoms with Crippen molar-refractivity contribution in [2.45, 2.75) is 25.7 Å². The zero-order valence-corrected chi connectivity index (χ0v) is 16.6. The molecule has 3 N–H and O–H groups in total. The Morgan fingerprint density at radius 2 is 1.86 bits per heavy atom. The molecule has 3 rings (SSSR count). The summed E-state index contributed by atoms with van der Waals surface area (Å²) >= 11 is 0. The van der Waals surface area contributed by atoms with Gasteiger partial charge in [0.2, 0.25) is 5.91 Å². The minimum atomic E-state index is 0.206. The minimum Gasteiger partial charge on any atom is -0.373 e. The summed E-state index contributed by atoms with van der Waals surface area (Å²) in [5.41, 5.74) is 1.26. The average Bonchev–Trinajstić information content (AvgIpc) is 2.73. The number of pyridine rings is 1. The van der Waals surface area contributed by atoms with Crippen molar-refractivity contribution in [2.24, 2.45) is 5.92 Å². The van der Waals surface area contributed by atoms with Crippen molar-refractivity contribution in [3.8, 4) is 0 Å². The second-order valence-corrected chi connectivity index (χ2v) is 7.11. The Labute approximate surface area is 166 Å². The monoisotopic (exact) mass is 383 g/mol. The van der Waals surface area contributed by atoms with Crippen molar-refractivity contribution in [1.82, 2.24) is 25.2 Å². The molecule has 0 aliphatic carbocycles. The summed E-state index contributed by atoms with van der Waals surface area (Å²) in [7, 11) is 3.64. The number of carbonyl (C=O) groups is 1. The van der Waals surface area contributed by atoms with Crippen LogP contribution in [-0.2, 0) is 11.2 Å². The molecular weight excluding hydrogens is 354 g/mol. The quantitative estimate of drug-likeness (QED) is 0.642.